The lowest BCUT2D eigenvalue weighted by atomic mass is 10.1. The first-order chi connectivity index (χ1) is 10.2. The molecule has 4 N–H and O–H groups in total. The number of carbonyl (C=O) groups is 1. The van der Waals surface area contributed by atoms with Gasteiger partial charge in [0.2, 0.25) is 0 Å². The molecule has 0 unspecified atom stereocenters. The molecule has 21 heavy (non-hydrogen) atoms. The van der Waals surface area contributed by atoms with Gasteiger partial charge in [-0.2, -0.15) is 5.10 Å². The van der Waals surface area contributed by atoms with Crippen molar-refractivity contribution in [3.05, 3.63) is 42.2 Å². The van der Waals surface area contributed by atoms with Gasteiger partial charge in [0.1, 0.15) is 0 Å². The molecule has 1 amide bonds. The Morgan fingerprint density at radius 1 is 1.43 bits per heavy atom. The SMILES string of the molecule is CCNC(=O)c1ccc(N)cc1NCCCn1cccn1. The monoisotopic (exact) mass is 287 g/mol. The van der Waals surface area contributed by atoms with Crippen LogP contribution in [0.15, 0.2) is 36.7 Å². The third kappa shape index (κ3) is 4.24. The molecule has 2 aromatic rings. The van der Waals surface area contributed by atoms with Crippen molar-refractivity contribution in [2.24, 2.45) is 0 Å². The van der Waals surface area contributed by atoms with Crippen LogP contribution < -0.4 is 16.4 Å². The minimum Gasteiger partial charge on any atom is -0.399 e. The zero-order chi connectivity index (χ0) is 15.1. The molecular weight excluding hydrogens is 266 g/mol. The number of anilines is 2. The first-order valence-corrected chi connectivity index (χ1v) is 7.09. The average molecular weight is 287 g/mol. The number of nitrogens with one attached hydrogen (secondary N) is 2. The number of hydrogen-bond acceptors (Lipinski definition) is 4. The van der Waals surface area contributed by atoms with E-state index in [0.29, 0.717) is 17.8 Å². The molecule has 6 nitrogen and oxygen atoms in total. The maximum atomic E-state index is 12.0. The minimum atomic E-state index is -0.0907. The second kappa shape index (κ2) is 7.33. The summed E-state index contributed by atoms with van der Waals surface area (Å²) in [5.74, 6) is -0.0907. The smallest absolute Gasteiger partial charge is 0.253 e. The summed E-state index contributed by atoms with van der Waals surface area (Å²) in [4.78, 5) is 12.0. The van der Waals surface area contributed by atoms with Crippen molar-refractivity contribution in [2.45, 2.75) is 19.9 Å². The van der Waals surface area contributed by atoms with E-state index < -0.39 is 0 Å². The molecule has 0 bridgehead atoms. The lowest BCUT2D eigenvalue weighted by molar-refractivity contribution is 0.0956. The summed E-state index contributed by atoms with van der Waals surface area (Å²) in [7, 11) is 0. The van der Waals surface area contributed by atoms with E-state index in [-0.39, 0.29) is 5.91 Å². The Balaban J connectivity index is 1.94. The second-order valence-electron chi connectivity index (χ2n) is 4.71. The lowest BCUT2D eigenvalue weighted by Gasteiger charge is -2.12. The first kappa shape index (κ1) is 14.9. The molecule has 6 heteroatoms. The van der Waals surface area contributed by atoms with Crippen molar-refractivity contribution in [2.75, 3.05) is 24.1 Å². The van der Waals surface area contributed by atoms with Gasteiger partial charge >= 0.3 is 0 Å². The van der Waals surface area contributed by atoms with Crippen LogP contribution in [0.3, 0.4) is 0 Å². The van der Waals surface area contributed by atoms with Crippen LogP contribution in [0.2, 0.25) is 0 Å². The van der Waals surface area contributed by atoms with Crippen LogP contribution in [0.25, 0.3) is 0 Å². The van der Waals surface area contributed by atoms with E-state index >= 15 is 0 Å². The fourth-order valence-electron chi connectivity index (χ4n) is 2.06. The van der Waals surface area contributed by atoms with Gasteiger partial charge in [-0.25, -0.2) is 0 Å². The molecule has 1 aromatic heterocycles. The Hall–Kier alpha value is -2.50. The molecule has 0 spiro atoms. The van der Waals surface area contributed by atoms with E-state index in [1.165, 1.54) is 0 Å². The number of benzene rings is 1. The van der Waals surface area contributed by atoms with E-state index in [1.807, 2.05) is 23.9 Å². The summed E-state index contributed by atoms with van der Waals surface area (Å²) < 4.78 is 1.88. The fraction of sp³-hybridized carbons (Fsp3) is 0.333. The highest BCUT2D eigenvalue weighted by molar-refractivity contribution is 6.00. The number of carbonyl (C=O) groups excluding carboxylic acids is 1. The van der Waals surface area contributed by atoms with Crippen LogP contribution in [0.4, 0.5) is 11.4 Å². The molecule has 0 radical (unpaired) electrons. The van der Waals surface area contributed by atoms with Crippen LogP contribution >= 0.6 is 0 Å². The maximum Gasteiger partial charge on any atom is 0.253 e. The predicted molar refractivity (Wildman–Crippen MR) is 84.2 cm³/mol. The summed E-state index contributed by atoms with van der Waals surface area (Å²) in [6.45, 7) is 4.07. The second-order valence-corrected chi connectivity index (χ2v) is 4.71. The number of nitrogens with two attached hydrogens (primary N) is 1. The lowest BCUT2D eigenvalue weighted by Crippen LogP contribution is -2.24. The molecule has 0 saturated heterocycles. The molecule has 0 aliphatic rings. The third-order valence-corrected chi connectivity index (χ3v) is 3.06. The van der Waals surface area contributed by atoms with E-state index in [0.717, 1.165) is 25.2 Å². The summed E-state index contributed by atoms with van der Waals surface area (Å²) in [5.41, 5.74) is 7.81. The van der Waals surface area contributed by atoms with Gasteiger partial charge in [0.15, 0.2) is 0 Å². The van der Waals surface area contributed by atoms with Gasteiger partial charge in [-0.3, -0.25) is 9.48 Å². The fourth-order valence-corrected chi connectivity index (χ4v) is 2.06. The highest BCUT2D eigenvalue weighted by atomic mass is 16.1. The van der Waals surface area contributed by atoms with Gasteiger partial charge < -0.3 is 16.4 Å². The minimum absolute atomic E-state index is 0.0907. The number of rotatable bonds is 7. The molecule has 0 aliphatic heterocycles. The Kier molecular flexibility index (Phi) is 5.20. The van der Waals surface area contributed by atoms with E-state index in [2.05, 4.69) is 15.7 Å². The Morgan fingerprint density at radius 2 is 2.29 bits per heavy atom. The molecule has 1 heterocycles. The maximum absolute atomic E-state index is 12.0. The average Bonchev–Trinajstić information content (AvgIpc) is 2.97. The summed E-state index contributed by atoms with van der Waals surface area (Å²) in [6, 6.07) is 7.17. The molecule has 0 fully saturated rings. The van der Waals surface area contributed by atoms with E-state index in [1.54, 1.807) is 24.4 Å². The molecular formula is C15H21N5O. The Bertz CT molecular complexity index is 580. The van der Waals surface area contributed by atoms with Gasteiger partial charge in [0, 0.05) is 43.4 Å². The third-order valence-electron chi connectivity index (χ3n) is 3.06. The van der Waals surface area contributed by atoms with Gasteiger partial charge in [-0.15, -0.1) is 0 Å². The van der Waals surface area contributed by atoms with Crippen LogP contribution in [-0.4, -0.2) is 28.8 Å². The van der Waals surface area contributed by atoms with Gasteiger partial charge in [-0.05, 0) is 37.6 Å². The quantitative estimate of drug-likeness (QED) is 0.534. The number of aryl methyl sites for hydroxylation is 1. The summed E-state index contributed by atoms with van der Waals surface area (Å²) in [5, 5.41) is 10.2. The zero-order valence-electron chi connectivity index (χ0n) is 12.2. The zero-order valence-corrected chi connectivity index (χ0v) is 12.2. The molecule has 1 aromatic carbocycles. The van der Waals surface area contributed by atoms with Crippen molar-refractivity contribution in [3.63, 3.8) is 0 Å². The van der Waals surface area contributed by atoms with Crippen molar-refractivity contribution in [3.8, 4) is 0 Å². The van der Waals surface area contributed by atoms with Gasteiger partial charge in [0.25, 0.3) is 5.91 Å². The van der Waals surface area contributed by atoms with Crippen LogP contribution in [0.1, 0.15) is 23.7 Å². The van der Waals surface area contributed by atoms with Crippen molar-refractivity contribution < 1.29 is 4.79 Å². The summed E-state index contributed by atoms with van der Waals surface area (Å²) >= 11 is 0. The van der Waals surface area contributed by atoms with Crippen LogP contribution in [0, 0.1) is 0 Å². The molecule has 0 aliphatic carbocycles. The highest BCUT2D eigenvalue weighted by Crippen LogP contribution is 2.19. The number of nitrogen functional groups attached to an aromatic ring is 1. The molecule has 2 rings (SSSR count). The highest BCUT2D eigenvalue weighted by Gasteiger charge is 2.10. The van der Waals surface area contributed by atoms with E-state index in [4.69, 9.17) is 5.73 Å². The Labute approximate surface area is 124 Å². The van der Waals surface area contributed by atoms with Gasteiger partial charge in [0.05, 0.1) is 5.56 Å². The number of nitrogens with zero attached hydrogens (tertiary/aromatic N) is 2. The van der Waals surface area contributed by atoms with Crippen molar-refractivity contribution in [1.82, 2.24) is 15.1 Å². The van der Waals surface area contributed by atoms with Crippen molar-refractivity contribution >= 4 is 17.3 Å². The van der Waals surface area contributed by atoms with Gasteiger partial charge in [-0.1, -0.05) is 0 Å². The molecule has 0 saturated carbocycles. The normalized spacial score (nSPS) is 10.3. The number of amides is 1. The largest absolute Gasteiger partial charge is 0.399 e. The molecule has 0 atom stereocenters. The standard InChI is InChI=1S/C15H21N5O/c1-2-17-15(21)13-6-5-12(16)11-14(13)18-7-3-9-20-10-4-8-19-20/h4-6,8,10-11,18H,2-3,7,9,16H2,1H3,(H,17,21). The Morgan fingerprint density at radius 3 is 3.00 bits per heavy atom. The summed E-state index contributed by atoms with van der Waals surface area (Å²) in [6.07, 6.45) is 4.60. The first-order valence-electron chi connectivity index (χ1n) is 7.09. The number of aromatic nitrogens is 2. The number of hydrogen-bond donors (Lipinski definition) is 3. The topological polar surface area (TPSA) is 85.0 Å². The van der Waals surface area contributed by atoms with E-state index in [9.17, 15) is 4.79 Å². The van der Waals surface area contributed by atoms with Crippen LogP contribution in [0.5, 0.6) is 0 Å². The molecule has 112 valence electrons. The predicted octanol–water partition coefficient (Wildman–Crippen LogP) is 1.72. The van der Waals surface area contributed by atoms with Crippen LogP contribution in [-0.2, 0) is 6.54 Å². The van der Waals surface area contributed by atoms with Crippen molar-refractivity contribution in [1.29, 1.82) is 0 Å².